The van der Waals surface area contributed by atoms with Crippen molar-refractivity contribution in [3.63, 3.8) is 0 Å². The number of pyridine rings is 1. The molecule has 12 heteroatoms. The number of nitrogens with one attached hydrogen (secondary N) is 3. The number of ether oxygens (including phenoxy) is 1. The van der Waals surface area contributed by atoms with Gasteiger partial charge in [-0.15, -0.1) is 0 Å². The van der Waals surface area contributed by atoms with Crippen molar-refractivity contribution in [2.45, 2.75) is 43.1 Å². The van der Waals surface area contributed by atoms with Crippen LogP contribution in [0.4, 0.5) is 26.0 Å². The number of rotatable bonds is 6. The van der Waals surface area contributed by atoms with Crippen molar-refractivity contribution in [2.75, 3.05) is 23.5 Å². The van der Waals surface area contributed by atoms with Crippen LogP contribution in [0.3, 0.4) is 0 Å². The van der Waals surface area contributed by atoms with Gasteiger partial charge in [-0.2, -0.15) is 0 Å². The first-order valence-corrected chi connectivity index (χ1v) is 12.7. The van der Waals surface area contributed by atoms with Crippen LogP contribution < -0.4 is 10.6 Å². The molecule has 0 radical (unpaired) electrons. The predicted octanol–water partition coefficient (Wildman–Crippen LogP) is 3.86. The maximum Gasteiger partial charge on any atom is 0.260 e. The maximum absolute atomic E-state index is 13.3. The largest absolute Gasteiger partial charge is 0.374 e. The third-order valence-electron chi connectivity index (χ3n) is 5.95. The number of hydrogen-bond acceptors (Lipinski definition) is 7. The number of benzene rings is 1. The number of imidazole rings is 1. The molecule has 1 aliphatic carbocycles. The molecule has 2 fully saturated rings. The van der Waals surface area contributed by atoms with E-state index < -0.39 is 34.0 Å². The summed E-state index contributed by atoms with van der Waals surface area (Å²) in [7, 11) is -3.61. The molecule has 180 valence electrons. The van der Waals surface area contributed by atoms with Gasteiger partial charge in [0, 0.05) is 25.3 Å². The minimum absolute atomic E-state index is 0.0334. The Morgan fingerprint density at radius 1 is 1.24 bits per heavy atom. The molecule has 0 bridgehead atoms. The van der Waals surface area contributed by atoms with Crippen LogP contribution in [0.25, 0.3) is 11.2 Å². The number of nitrogens with zero attached hydrogens (tertiary/aromatic N) is 2. The van der Waals surface area contributed by atoms with Crippen molar-refractivity contribution in [1.29, 1.82) is 0 Å². The molecule has 1 saturated heterocycles. The number of carbonyl (C=O) groups excluding carboxylic acids is 1. The highest BCUT2D eigenvalue weighted by Gasteiger charge is 2.61. The van der Waals surface area contributed by atoms with Gasteiger partial charge in [-0.3, -0.25) is 4.79 Å². The van der Waals surface area contributed by atoms with E-state index >= 15 is 0 Å². The Bertz CT molecular complexity index is 1400. The van der Waals surface area contributed by atoms with Crippen molar-refractivity contribution >= 4 is 44.1 Å². The molecule has 1 saturated carbocycles. The number of sulfone groups is 1. The van der Waals surface area contributed by atoms with Gasteiger partial charge in [-0.1, -0.05) is 6.07 Å². The Morgan fingerprint density at radius 2 is 2.00 bits per heavy atom. The number of aryl methyl sites for hydroxylation is 1. The summed E-state index contributed by atoms with van der Waals surface area (Å²) < 4.78 is 57.5. The molecule has 3 aromatic rings. The molecule has 2 aromatic heterocycles. The summed E-state index contributed by atoms with van der Waals surface area (Å²) in [6.07, 6.45) is 2.20. The topological polar surface area (TPSA) is 126 Å². The van der Waals surface area contributed by atoms with Crippen LogP contribution in [0.1, 0.15) is 36.8 Å². The number of carbonyl (C=O) groups is 1. The van der Waals surface area contributed by atoms with Gasteiger partial charge in [0.15, 0.2) is 15.5 Å². The highest BCUT2D eigenvalue weighted by molar-refractivity contribution is 7.90. The summed E-state index contributed by atoms with van der Waals surface area (Å²) in [6.45, 7) is 2.35. The van der Waals surface area contributed by atoms with Crippen LogP contribution >= 0.6 is 0 Å². The highest BCUT2D eigenvalue weighted by atomic mass is 32.2. The van der Waals surface area contributed by atoms with E-state index in [2.05, 4.69) is 25.6 Å². The number of aromatic nitrogens is 3. The van der Waals surface area contributed by atoms with E-state index in [-0.39, 0.29) is 22.5 Å². The van der Waals surface area contributed by atoms with Gasteiger partial charge in [0.2, 0.25) is 5.91 Å². The molecule has 5 rings (SSSR count). The Kier molecular flexibility index (Phi) is 5.32. The number of hydrogen-bond donors (Lipinski definition) is 3. The van der Waals surface area contributed by atoms with E-state index in [4.69, 9.17) is 4.74 Å². The van der Waals surface area contributed by atoms with Crippen molar-refractivity contribution in [1.82, 2.24) is 15.0 Å². The molecule has 2 aliphatic rings. The average molecular weight is 492 g/mol. The SMILES string of the molecule is Cc1nc2nc(NC(=O)[C@H]3CC3(F)F)cc(Nc3ccc(C4CCCO4)cc3S(C)(=O)=O)c2[nH]1. The number of amides is 1. The van der Waals surface area contributed by atoms with E-state index in [0.717, 1.165) is 24.7 Å². The van der Waals surface area contributed by atoms with E-state index in [0.29, 0.717) is 29.3 Å². The van der Waals surface area contributed by atoms with Crippen LogP contribution in [-0.4, -0.2) is 48.1 Å². The Balaban J connectivity index is 1.52. The number of H-pyrrole nitrogens is 1. The zero-order valence-corrected chi connectivity index (χ0v) is 19.3. The average Bonchev–Trinajstić information content (AvgIpc) is 3.12. The van der Waals surface area contributed by atoms with Gasteiger partial charge < -0.3 is 20.4 Å². The standard InChI is InChI=1S/C22H23F2N5O4S/c1-11-25-19-15(9-18(28-20(19)26-11)29-21(30)13-10-22(13,23)24)27-14-6-5-12(16-4-3-7-33-16)8-17(14)34(2,31)32/h5-6,8-9,13,16H,3-4,7,10H2,1-2H3,(H3,25,26,27,28,29,30)/t13-,16?/m1/s1. The van der Waals surface area contributed by atoms with Crippen molar-refractivity contribution in [3.8, 4) is 0 Å². The second-order valence-corrected chi connectivity index (χ2v) is 10.7. The third-order valence-corrected chi connectivity index (χ3v) is 7.09. The molecular weight excluding hydrogens is 468 g/mol. The fourth-order valence-electron chi connectivity index (χ4n) is 4.11. The summed E-state index contributed by atoms with van der Waals surface area (Å²) in [4.78, 5) is 23.8. The summed E-state index contributed by atoms with van der Waals surface area (Å²) in [5.74, 6) is -4.64. The summed E-state index contributed by atoms with van der Waals surface area (Å²) in [5, 5.41) is 5.52. The van der Waals surface area contributed by atoms with Gasteiger partial charge in [0.1, 0.15) is 23.1 Å². The number of alkyl halides is 2. The Morgan fingerprint density at radius 3 is 2.65 bits per heavy atom. The molecule has 34 heavy (non-hydrogen) atoms. The van der Waals surface area contributed by atoms with E-state index in [1.54, 1.807) is 19.1 Å². The first-order valence-electron chi connectivity index (χ1n) is 10.8. The molecular formula is C22H23F2N5O4S. The first-order chi connectivity index (χ1) is 16.0. The molecule has 9 nitrogen and oxygen atoms in total. The number of anilines is 3. The normalized spacial score (nSPS) is 21.5. The van der Waals surface area contributed by atoms with Crippen LogP contribution in [0.15, 0.2) is 29.2 Å². The summed E-state index contributed by atoms with van der Waals surface area (Å²) >= 11 is 0. The van der Waals surface area contributed by atoms with Gasteiger partial charge in [-0.25, -0.2) is 27.2 Å². The summed E-state index contributed by atoms with van der Waals surface area (Å²) in [6, 6.07) is 6.52. The van der Waals surface area contributed by atoms with Crippen LogP contribution in [0, 0.1) is 12.8 Å². The Hall–Kier alpha value is -3.12. The van der Waals surface area contributed by atoms with Crippen LogP contribution in [-0.2, 0) is 19.4 Å². The predicted molar refractivity (Wildman–Crippen MR) is 121 cm³/mol. The molecule has 3 N–H and O–H groups in total. The Labute approximate surface area is 194 Å². The maximum atomic E-state index is 13.3. The number of halogens is 2. The minimum Gasteiger partial charge on any atom is -0.374 e. The number of fused-ring (bicyclic) bond motifs is 1. The van der Waals surface area contributed by atoms with Gasteiger partial charge in [0.05, 0.1) is 22.4 Å². The lowest BCUT2D eigenvalue weighted by Crippen LogP contribution is -2.18. The molecule has 3 heterocycles. The summed E-state index contributed by atoms with van der Waals surface area (Å²) in [5.41, 5.74) is 2.21. The third kappa shape index (κ3) is 4.34. The van der Waals surface area contributed by atoms with Crippen LogP contribution in [0.2, 0.25) is 0 Å². The fourth-order valence-corrected chi connectivity index (χ4v) is 4.98. The fraction of sp³-hybridized carbons (Fsp3) is 0.409. The molecule has 1 aliphatic heterocycles. The van der Waals surface area contributed by atoms with Gasteiger partial charge in [0.25, 0.3) is 5.92 Å². The minimum atomic E-state index is -3.61. The van der Waals surface area contributed by atoms with E-state index in [1.807, 2.05) is 6.07 Å². The lowest BCUT2D eigenvalue weighted by Gasteiger charge is -2.16. The monoisotopic (exact) mass is 491 g/mol. The second kappa shape index (κ2) is 7.98. The molecule has 2 atom stereocenters. The molecule has 1 aromatic carbocycles. The lowest BCUT2D eigenvalue weighted by atomic mass is 10.1. The van der Waals surface area contributed by atoms with Crippen molar-refractivity contribution < 1.29 is 26.7 Å². The number of aromatic amines is 1. The van der Waals surface area contributed by atoms with Crippen LogP contribution in [0.5, 0.6) is 0 Å². The van der Waals surface area contributed by atoms with Crippen molar-refractivity contribution in [3.05, 3.63) is 35.7 Å². The molecule has 0 spiro atoms. The lowest BCUT2D eigenvalue weighted by molar-refractivity contribution is -0.119. The highest BCUT2D eigenvalue weighted by Crippen LogP contribution is 2.49. The smallest absolute Gasteiger partial charge is 0.260 e. The second-order valence-electron chi connectivity index (χ2n) is 8.74. The van der Waals surface area contributed by atoms with Gasteiger partial charge >= 0.3 is 0 Å². The van der Waals surface area contributed by atoms with E-state index in [1.165, 1.54) is 6.07 Å². The molecule has 1 unspecified atom stereocenters. The van der Waals surface area contributed by atoms with E-state index in [9.17, 15) is 22.0 Å². The zero-order valence-electron chi connectivity index (χ0n) is 18.5. The quantitative estimate of drug-likeness (QED) is 0.478. The molecule has 1 amide bonds. The first kappa shape index (κ1) is 22.7. The van der Waals surface area contributed by atoms with Crippen molar-refractivity contribution in [2.24, 2.45) is 5.92 Å². The van der Waals surface area contributed by atoms with Gasteiger partial charge in [-0.05, 0) is 37.5 Å². The zero-order chi connectivity index (χ0) is 24.3.